The number of rotatable bonds is 7. The van der Waals surface area contributed by atoms with E-state index >= 15 is 0 Å². The van der Waals surface area contributed by atoms with Gasteiger partial charge in [-0.3, -0.25) is 0 Å². The number of aromatic nitrogens is 5. The van der Waals surface area contributed by atoms with Gasteiger partial charge in [0.2, 0.25) is 0 Å². The Morgan fingerprint density at radius 2 is 0.789 bits per heavy atom. The lowest BCUT2D eigenvalue weighted by atomic mass is 9.82. The summed E-state index contributed by atoms with van der Waals surface area (Å²) in [7, 11) is 0. The van der Waals surface area contributed by atoms with Gasteiger partial charge in [-0.05, 0) is 105 Å². The molecule has 0 N–H and O–H groups in total. The van der Waals surface area contributed by atoms with Crippen LogP contribution in [0.2, 0.25) is 0 Å². The number of para-hydroxylation sites is 3. The Labute approximate surface area is 411 Å². The number of fused-ring (bicyclic) bond motifs is 9. The second kappa shape index (κ2) is 15.9. The van der Waals surface area contributed by atoms with E-state index in [0.717, 1.165) is 44.7 Å². The van der Waals surface area contributed by atoms with Crippen molar-refractivity contribution in [2.75, 3.05) is 0 Å². The maximum Gasteiger partial charge on any atom is 0.164 e. The quantitative estimate of drug-likeness (QED) is 0.160. The van der Waals surface area contributed by atoms with Crippen molar-refractivity contribution in [1.82, 2.24) is 24.1 Å². The van der Waals surface area contributed by atoms with Gasteiger partial charge < -0.3 is 9.13 Å². The van der Waals surface area contributed by atoms with Gasteiger partial charge >= 0.3 is 0 Å². The van der Waals surface area contributed by atoms with Crippen LogP contribution in [0.1, 0.15) is 25.0 Å². The van der Waals surface area contributed by atoms with E-state index in [0.29, 0.717) is 17.5 Å². The molecule has 1 aliphatic rings. The maximum absolute atomic E-state index is 5.24. The summed E-state index contributed by atoms with van der Waals surface area (Å²) in [6, 6.07) is 85.0. The molecule has 5 heteroatoms. The SMILES string of the molecule is CC1(C)c2ccccc2-c2ccc(-c3nc(-c4ccccc4)nc(-c4cccc(-c5ccc6c7ccccc7n(-c7ccc(-c8cccc9c8c8ccccc8n9-c8ccccc8)cc7)c6c5)c4)n3)cc21. The van der Waals surface area contributed by atoms with E-state index in [1.54, 1.807) is 0 Å². The fourth-order valence-corrected chi connectivity index (χ4v) is 11.4. The molecule has 5 nitrogen and oxygen atoms in total. The number of hydrogen-bond donors (Lipinski definition) is 0. The van der Waals surface area contributed by atoms with Crippen LogP contribution < -0.4 is 0 Å². The summed E-state index contributed by atoms with van der Waals surface area (Å²) in [5, 5.41) is 4.92. The fraction of sp³-hybridized carbons (Fsp3) is 0.0455. The van der Waals surface area contributed by atoms with Crippen molar-refractivity contribution in [3.63, 3.8) is 0 Å². The molecule has 0 saturated carbocycles. The van der Waals surface area contributed by atoms with Crippen LogP contribution in [-0.4, -0.2) is 24.1 Å². The summed E-state index contributed by atoms with van der Waals surface area (Å²) in [5.41, 5.74) is 19.4. The lowest BCUT2D eigenvalue weighted by molar-refractivity contribution is 0.660. The minimum absolute atomic E-state index is 0.146. The third-order valence-electron chi connectivity index (χ3n) is 14.8. The Morgan fingerprint density at radius 1 is 0.296 bits per heavy atom. The molecule has 0 bridgehead atoms. The molecule has 1 aliphatic carbocycles. The van der Waals surface area contributed by atoms with E-state index in [1.165, 1.54) is 71.5 Å². The highest BCUT2D eigenvalue weighted by Gasteiger charge is 2.35. The molecule has 0 spiro atoms. The van der Waals surface area contributed by atoms with E-state index in [-0.39, 0.29) is 5.41 Å². The number of hydrogen-bond acceptors (Lipinski definition) is 3. The molecule has 0 radical (unpaired) electrons. The summed E-state index contributed by atoms with van der Waals surface area (Å²) in [6.45, 7) is 4.62. The molecule has 0 saturated heterocycles. The fourth-order valence-electron chi connectivity index (χ4n) is 11.4. The van der Waals surface area contributed by atoms with Crippen molar-refractivity contribution in [2.45, 2.75) is 19.3 Å². The molecule has 0 unspecified atom stereocenters. The third-order valence-corrected chi connectivity index (χ3v) is 14.8. The largest absolute Gasteiger partial charge is 0.309 e. The Morgan fingerprint density at radius 3 is 1.58 bits per heavy atom. The topological polar surface area (TPSA) is 48.5 Å². The number of benzene rings is 10. The zero-order valence-electron chi connectivity index (χ0n) is 39.3. The smallest absolute Gasteiger partial charge is 0.164 e. The Balaban J connectivity index is 0.863. The van der Waals surface area contributed by atoms with Crippen LogP contribution in [0.3, 0.4) is 0 Å². The van der Waals surface area contributed by atoms with Crippen LogP contribution in [0.15, 0.2) is 237 Å². The molecular weight excluding hydrogens is 863 g/mol. The first-order valence-electron chi connectivity index (χ1n) is 24.3. The van der Waals surface area contributed by atoms with Crippen molar-refractivity contribution >= 4 is 43.6 Å². The minimum Gasteiger partial charge on any atom is -0.309 e. The van der Waals surface area contributed by atoms with E-state index < -0.39 is 0 Å². The zero-order valence-corrected chi connectivity index (χ0v) is 39.3. The molecule has 10 aromatic carbocycles. The van der Waals surface area contributed by atoms with E-state index in [4.69, 9.17) is 15.0 Å². The van der Waals surface area contributed by atoms with Gasteiger partial charge in [-0.15, -0.1) is 0 Å². The van der Waals surface area contributed by atoms with E-state index in [2.05, 4.69) is 241 Å². The third kappa shape index (κ3) is 6.51. The number of nitrogens with zero attached hydrogens (tertiary/aromatic N) is 5. The second-order valence-corrected chi connectivity index (χ2v) is 19.2. The van der Waals surface area contributed by atoms with Crippen LogP contribution in [0, 0.1) is 0 Å². The molecule has 14 rings (SSSR count). The lowest BCUT2D eigenvalue weighted by Crippen LogP contribution is -2.15. The highest BCUT2D eigenvalue weighted by atomic mass is 15.0. The first-order valence-corrected chi connectivity index (χ1v) is 24.3. The summed E-state index contributed by atoms with van der Waals surface area (Å²) >= 11 is 0. The summed E-state index contributed by atoms with van der Waals surface area (Å²) in [5.74, 6) is 1.93. The van der Waals surface area contributed by atoms with Crippen LogP contribution in [0.25, 0.3) is 123 Å². The second-order valence-electron chi connectivity index (χ2n) is 19.2. The maximum atomic E-state index is 5.24. The Kier molecular flexibility index (Phi) is 9.17. The van der Waals surface area contributed by atoms with Crippen molar-refractivity contribution in [2.24, 2.45) is 0 Å². The highest BCUT2D eigenvalue weighted by molar-refractivity contribution is 6.16. The normalized spacial score (nSPS) is 12.8. The van der Waals surface area contributed by atoms with Crippen molar-refractivity contribution in [1.29, 1.82) is 0 Å². The van der Waals surface area contributed by atoms with Crippen molar-refractivity contribution < 1.29 is 0 Å². The minimum atomic E-state index is -0.146. The van der Waals surface area contributed by atoms with Gasteiger partial charge in [0, 0.05) is 55.0 Å². The van der Waals surface area contributed by atoms with Gasteiger partial charge in [0.1, 0.15) is 0 Å². The molecule has 13 aromatic rings. The highest BCUT2D eigenvalue weighted by Crippen LogP contribution is 2.49. The first-order chi connectivity index (χ1) is 35.0. The zero-order chi connectivity index (χ0) is 47.2. The molecular formula is C66H45N5. The molecule has 71 heavy (non-hydrogen) atoms. The van der Waals surface area contributed by atoms with Gasteiger partial charge in [0.25, 0.3) is 0 Å². The molecule has 334 valence electrons. The molecule has 0 amide bonds. The predicted molar refractivity (Wildman–Crippen MR) is 293 cm³/mol. The monoisotopic (exact) mass is 907 g/mol. The molecule has 3 aromatic heterocycles. The van der Waals surface area contributed by atoms with Gasteiger partial charge in [0.05, 0.1) is 22.1 Å². The average Bonchev–Trinajstić information content (AvgIpc) is 4.04. The summed E-state index contributed by atoms with van der Waals surface area (Å²) in [6.07, 6.45) is 0. The van der Waals surface area contributed by atoms with Gasteiger partial charge in [-0.25, -0.2) is 15.0 Å². The molecule has 3 heterocycles. The van der Waals surface area contributed by atoms with Gasteiger partial charge in [0.15, 0.2) is 17.5 Å². The van der Waals surface area contributed by atoms with E-state index in [9.17, 15) is 0 Å². The Bertz CT molecular complexity index is 4240. The molecule has 0 aliphatic heterocycles. The average molecular weight is 908 g/mol. The summed E-state index contributed by atoms with van der Waals surface area (Å²) < 4.78 is 4.79. The lowest BCUT2D eigenvalue weighted by Gasteiger charge is -2.21. The first kappa shape index (κ1) is 40.8. The van der Waals surface area contributed by atoms with Gasteiger partial charge in [-0.1, -0.05) is 190 Å². The van der Waals surface area contributed by atoms with Crippen LogP contribution in [-0.2, 0) is 5.41 Å². The molecule has 0 fully saturated rings. The van der Waals surface area contributed by atoms with E-state index in [1.807, 2.05) is 18.2 Å². The van der Waals surface area contributed by atoms with Crippen LogP contribution in [0.5, 0.6) is 0 Å². The standard InChI is InChI=1S/C66H45N5/c1-66(2)56-27-12-9-23-51(56)52-37-34-47(40-57(52)66)65-68-63(43-17-5-3-6-18-43)67-64(69-65)46-20-15-19-44(39-46)45-33-38-54-53-24-10-13-28-58(53)71(61(54)41-45)49-35-31-42(32-36-49)50-26-16-30-60-62(50)55-25-11-14-29-59(55)70(60)48-21-7-4-8-22-48/h3-41H,1-2H3. The van der Waals surface area contributed by atoms with Gasteiger partial charge in [-0.2, -0.15) is 0 Å². The van der Waals surface area contributed by atoms with Crippen molar-refractivity contribution in [3.8, 4) is 78.9 Å². The Hall–Kier alpha value is -9.19. The van der Waals surface area contributed by atoms with Crippen LogP contribution in [0.4, 0.5) is 0 Å². The predicted octanol–water partition coefficient (Wildman–Crippen LogP) is 16.7. The van der Waals surface area contributed by atoms with Crippen LogP contribution >= 0.6 is 0 Å². The summed E-state index contributed by atoms with van der Waals surface area (Å²) in [4.78, 5) is 15.5. The van der Waals surface area contributed by atoms with Crippen molar-refractivity contribution in [3.05, 3.63) is 248 Å². The molecule has 0 atom stereocenters.